The summed E-state index contributed by atoms with van der Waals surface area (Å²) in [5.41, 5.74) is 10.6. The molecule has 0 radical (unpaired) electrons. The van der Waals surface area contributed by atoms with E-state index in [1.54, 1.807) is 11.3 Å². The largest absolute Gasteiger partial charge is 0.379 e. The monoisotopic (exact) mass is 419 g/mol. The second kappa shape index (κ2) is 12.9. The van der Waals surface area contributed by atoms with Gasteiger partial charge in [-0.05, 0) is 55.3 Å². The van der Waals surface area contributed by atoms with Crippen LogP contribution in [0, 0.1) is 6.92 Å². The van der Waals surface area contributed by atoms with E-state index >= 15 is 0 Å². The Kier molecular flexibility index (Phi) is 11.4. The first kappa shape index (κ1) is 24.6. The van der Waals surface area contributed by atoms with Crippen molar-refractivity contribution < 1.29 is 0 Å². The second-order valence-electron chi connectivity index (χ2n) is 6.20. The molecule has 0 amide bonds. The summed E-state index contributed by atoms with van der Waals surface area (Å²) in [6, 6.07) is 6.51. The van der Waals surface area contributed by atoms with Crippen LogP contribution in [0.2, 0.25) is 0 Å². The molecule has 5 heteroatoms. The third kappa shape index (κ3) is 6.03. The van der Waals surface area contributed by atoms with Gasteiger partial charge in [0.25, 0.3) is 0 Å². The lowest BCUT2D eigenvalue weighted by Gasteiger charge is -2.13. The summed E-state index contributed by atoms with van der Waals surface area (Å²) < 4.78 is 1.26. The highest BCUT2D eigenvalue weighted by molar-refractivity contribution is 7.19. The predicted octanol–water partition coefficient (Wildman–Crippen LogP) is 7.35. The molecule has 1 atom stereocenters. The van der Waals surface area contributed by atoms with Gasteiger partial charge in [-0.15, -0.1) is 22.7 Å². The number of nitrogens with one attached hydrogen (secondary N) is 1. The van der Waals surface area contributed by atoms with E-state index in [-0.39, 0.29) is 0 Å². The number of hydrogen-bond acceptors (Lipinski definition) is 5. The van der Waals surface area contributed by atoms with Crippen LogP contribution in [0.3, 0.4) is 0 Å². The van der Waals surface area contributed by atoms with E-state index < -0.39 is 0 Å². The summed E-state index contributed by atoms with van der Waals surface area (Å²) >= 11 is 3.63. The molecule has 0 aliphatic rings. The standard InChI is InChI=1S/C19H25N3S2.2C2H6/c1-4-12(2)15-10-16(21-11-14-6-5-9-23-14)19-18(22-15)13(3)17(24-19)7-8-20;2*1-2/h5-6,9-10,12H,4,7-8,11,20H2,1-3H3,(H,21,22);2*1-2H3. The topological polar surface area (TPSA) is 50.9 Å². The Hall–Kier alpha value is -1.43. The van der Waals surface area contributed by atoms with E-state index in [1.165, 1.54) is 31.4 Å². The third-order valence-electron chi connectivity index (χ3n) is 4.51. The molecule has 0 bridgehead atoms. The number of aryl methyl sites for hydroxylation is 1. The van der Waals surface area contributed by atoms with Crippen molar-refractivity contribution in [3.63, 3.8) is 0 Å². The first-order chi connectivity index (χ1) is 13.6. The molecule has 3 rings (SSSR count). The summed E-state index contributed by atoms with van der Waals surface area (Å²) in [5, 5.41) is 5.77. The van der Waals surface area contributed by atoms with Gasteiger partial charge >= 0.3 is 0 Å². The molecule has 156 valence electrons. The first-order valence-electron chi connectivity index (χ1n) is 10.5. The van der Waals surface area contributed by atoms with E-state index in [2.05, 4.69) is 49.7 Å². The molecule has 3 aromatic rings. The quantitative estimate of drug-likeness (QED) is 0.421. The van der Waals surface area contributed by atoms with Crippen molar-refractivity contribution in [2.75, 3.05) is 11.9 Å². The molecule has 0 spiro atoms. The van der Waals surface area contributed by atoms with Crippen LogP contribution in [0.25, 0.3) is 10.2 Å². The average Bonchev–Trinajstić information content (AvgIpc) is 3.37. The molecule has 0 aromatic carbocycles. The molecular formula is C23H37N3S2. The number of rotatable bonds is 7. The molecule has 0 aliphatic carbocycles. The Bertz CT molecular complexity index is 807. The van der Waals surface area contributed by atoms with Gasteiger partial charge in [-0.3, -0.25) is 4.98 Å². The van der Waals surface area contributed by atoms with Crippen molar-refractivity contribution >= 4 is 38.6 Å². The molecule has 1 unspecified atom stereocenters. The summed E-state index contributed by atoms with van der Waals surface area (Å²) in [4.78, 5) is 7.70. The highest BCUT2D eigenvalue weighted by Crippen LogP contribution is 2.37. The smallest absolute Gasteiger partial charge is 0.0866 e. The van der Waals surface area contributed by atoms with E-state index in [0.29, 0.717) is 12.5 Å². The van der Waals surface area contributed by atoms with Crippen LogP contribution in [0.4, 0.5) is 5.69 Å². The fourth-order valence-corrected chi connectivity index (χ4v) is 4.70. The number of pyridine rings is 1. The Morgan fingerprint density at radius 3 is 2.50 bits per heavy atom. The molecule has 0 fully saturated rings. The van der Waals surface area contributed by atoms with Gasteiger partial charge in [0.2, 0.25) is 0 Å². The lowest BCUT2D eigenvalue weighted by molar-refractivity contribution is 0.712. The molecule has 28 heavy (non-hydrogen) atoms. The Morgan fingerprint density at radius 1 is 1.21 bits per heavy atom. The molecule has 0 saturated heterocycles. The SMILES string of the molecule is CC.CC.CCC(C)c1cc(NCc2cccs2)c2sc(CCN)c(C)c2n1. The van der Waals surface area contributed by atoms with Gasteiger partial charge in [-0.2, -0.15) is 0 Å². The molecule has 0 saturated carbocycles. The van der Waals surface area contributed by atoms with Crippen molar-refractivity contribution in [3.8, 4) is 0 Å². The van der Waals surface area contributed by atoms with Gasteiger partial charge in [0.1, 0.15) is 0 Å². The zero-order valence-corrected chi connectivity index (χ0v) is 20.2. The zero-order chi connectivity index (χ0) is 21.1. The van der Waals surface area contributed by atoms with E-state index in [1.807, 2.05) is 39.0 Å². The van der Waals surface area contributed by atoms with Crippen LogP contribution in [-0.4, -0.2) is 11.5 Å². The molecular weight excluding hydrogens is 382 g/mol. The zero-order valence-electron chi connectivity index (χ0n) is 18.6. The lowest BCUT2D eigenvalue weighted by Crippen LogP contribution is -2.02. The minimum Gasteiger partial charge on any atom is -0.379 e. The summed E-state index contributed by atoms with van der Waals surface area (Å²) in [5.74, 6) is 0.467. The fraction of sp³-hybridized carbons (Fsp3) is 0.522. The Labute approximate surface area is 179 Å². The lowest BCUT2D eigenvalue weighted by atomic mass is 10.0. The van der Waals surface area contributed by atoms with Crippen LogP contribution >= 0.6 is 22.7 Å². The van der Waals surface area contributed by atoms with Gasteiger partial charge in [-0.25, -0.2) is 0 Å². The Morgan fingerprint density at radius 2 is 1.93 bits per heavy atom. The van der Waals surface area contributed by atoms with Gasteiger partial charge in [0, 0.05) is 22.0 Å². The van der Waals surface area contributed by atoms with E-state index in [9.17, 15) is 0 Å². The maximum Gasteiger partial charge on any atom is 0.0866 e. The van der Waals surface area contributed by atoms with Gasteiger partial charge < -0.3 is 11.1 Å². The molecule has 3 nitrogen and oxygen atoms in total. The molecule has 3 N–H and O–H groups in total. The van der Waals surface area contributed by atoms with Gasteiger partial charge in [0.15, 0.2) is 0 Å². The van der Waals surface area contributed by atoms with Crippen LogP contribution in [0.15, 0.2) is 23.6 Å². The minimum absolute atomic E-state index is 0.467. The number of fused-ring (bicyclic) bond motifs is 1. The second-order valence-corrected chi connectivity index (χ2v) is 8.34. The normalized spacial score (nSPS) is 11.3. The van der Waals surface area contributed by atoms with E-state index in [4.69, 9.17) is 10.7 Å². The van der Waals surface area contributed by atoms with Gasteiger partial charge in [-0.1, -0.05) is 47.6 Å². The van der Waals surface area contributed by atoms with Crippen LogP contribution in [0.5, 0.6) is 0 Å². The van der Waals surface area contributed by atoms with Crippen molar-refractivity contribution in [1.29, 1.82) is 0 Å². The number of anilines is 1. The highest BCUT2D eigenvalue weighted by atomic mass is 32.1. The minimum atomic E-state index is 0.467. The number of thiophene rings is 2. The average molecular weight is 420 g/mol. The predicted molar refractivity (Wildman–Crippen MR) is 130 cm³/mol. The fourth-order valence-electron chi connectivity index (χ4n) is 2.80. The summed E-state index contributed by atoms with van der Waals surface area (Å²) in [6.07, 6.45) is 2.03. The van der Waals surface area contributed by atoms with Gasteiger partial charge in [0.05, 0.1) is 15.9 Å². The highest BCUT2D eigenvalue weighted by Gasteiger charge is 2.16. The molecule has 3 heterocycles. The van der Waals surface area contributed by atoms with Crippen molar-refractivity contribution in [3.05, 3.63) is 44.6 Å². The summed E-state index contributed by atoms with van der Waals surface area (Å²) in [7, 11) is 0. The third-order valence-corrected chi connectivity index (χ3v) is 6.76. The molecule has 0 aliphatic heterocycles. The Balaban J connectivity index is 0.000000921. The van der Waals surface area contributed by atoms with E-state index in [0.717, 1.165) is 24.9 Å². The maximum atomic E-state index is 5.78. The number of nitrogens with zero attached hydrogens (tertiary/aromatic N) is 1. The van der Waals surface area contributed by atoms with Crippen LogP contribution in [-0.2, 0) is 13.0 Å². The summed E-state index contributed by atoms with van der Waals surface area (Å²) in [6.45, 7) is 16.2. The first-order valence-corrected chi connectivity index (χ1v) is 12.2. The van der Waals surface area contributed by atoms with Crippen molar-refractivity contribution in [2.45, 2.75) is 73.8 Å². The molecule has 3 aromatic heterocycles. The van der Waals surface area contributed by atoms with Crippen LogP contribution in [0.1, 0.15) is 74.9 Å². The maximum absolute atomic E-state index is 5.78. The van der Waals surface area contributed by atoms with Crippen molar-refractivity contribution in [2.24, 2.45) is 5.73 Å². The van der Waals surface area contributed by atoms with Crippen LogP contribution < -0.4 is 11.1 Å². The van der Waals surface area contributed by atoms with Crippen molar-refractivity contribution in [1.82, 2.24) is 4.98 Å². The number of nitrogens with two attached hydrogens (primary N) is 1. The number of hydrogen-bond donors (Lipinski definition) is 2. The number of aromatic nitrogens is 1.